The van der Waals surface area contributed by atoms with Gasteiger partial charge in [0.1, 0.15) is 0 Å². The Balaban J connectivity index is 2.59. The lowest BCUT2D eigenvalue weighted by Crippen LogP contribution is -2.26. The summed E-state index contributed by atoms with van der Waals surface area (Å²) in [5.41, 5.74) is 8.17. The summed E-state index contributed by atoms with van der Waals surface area (Å²) in [5, 5.41) is 8.63. The number of rotatable bonds is 6. The van der Waals surface area contributed by atoms with Gasteiger partial charge in [0.15, 0.2) is 0 Å². The molecular formula is C14H21NO2. The molecule has 0 aliphatic carbocycles. The quantitative estimate of drug-likeness (QED) is 0.796. The third kappa shape index (κ3) is 4.57. The van der Waals surface area contributed by atoms with E-state index < -0.39 is 5.97 Å². The summed E-state index contributed by atoms with van der Waals surface area (Å²) in [5.74, 6) is -0.273. The van der Waals surface area contributed by atoms with E-state index in [1.807, 2.05) is 12.1 Å². The topological polar surface area (TPSA) is 63.3 Å². The number of carbonyl (C=O) groups is 1. The van der Waals surface area contributed by atoms with Crippen molar-refractivity contribution in [1.82, 2.24) is 0 Å². The van der Waals surface area contributed by atoms with E-state index in [2.05, 4.69) is 26.0 Å². The van der Waals surface area contributed by atoms with E-state index in [-0.39, 0.29) is 12.5 Å². The number of hydrogen-bond acceptors (Lipinski definition) is 2. The third-order valence-corrected chi connectivity index (χ3v) is 3.10. The van der Waals surface area contributed by atoms with Gasteiger partial charge in [-0.05, 0) is 29.9 Å². The average Bonchev–Trinajstić information content (AvgIpc) is 2.28. The van der Waals surface area contributed by atoms with Crippen LogP contribution in [0.3, 0.4) is 0 Å². The first-order valence-corrected chi connectivity index (χ1v) is 6.09. The highest BCUT2D eigenvalue weighted by Crippen LogP contribution is 2.19. The smallest absolute Gasteiger partial charge is 0.304 e. The van der Waals surface area contributed by atoms with E-state index in [0.717, 1.165) is 12.0 Å². The fourth-order valence-corrected chi connectivity index (χ4v) is 1.82. The molecule has 1 aromatic carbocycles. The van der Waals surface area contributed by atoms with Crippen LogP contribution in [0.1, 0.15) is 43.7 Å². The van der Waals surface area contributed by atoms with E-state index in [0.29, 0.717) is 12.3 Å². The van der Waals surface area contributed by atoms with Crippen LogP contribution in [0.4, 0.5) is 0 Å². The zero-order valence-corrected chi connectivity index (χ0v) is 10.5. The Morgan fingerprint density at radius 1 is 1.35 bits per heavy atom. The normalized spacial score (nSPS) is 14.3. The minimum absolute atomic E-state index is 0.0209. The minimum atomic E-state index is -0.839. The highest BCUT2D eigenvalue weighted by Gasteiger charge is 2.09. The van der Waals surface area contributed by atoms with Crippen molar-refractivity contribution in [3.63, 3.8) is 0 Å². The zero-order chi connectivity index (χ0) is 12.8. The Labute approximate surface area is 103 Å². The number of carboxylic acids is 1. The molecular weight excluding hydrogens is 214 g/mol. The minimum Gasteiger partial charge on any atom is -0.481 e. The Morgan fingerprint density at radius 2 is 1.94 bits per heavy atom. The molecule has 2 atom stereocenters. The summed E-state index contributed by atoms with van der Waals surface area (Å²) >= 11 is 0. The number of hydrogen-bond donors (Lipinski definition) is 2. The van der Waals surface area contributed by atoms with Crippen molar-refractivity contribution in [3.8, 4) is 0 Å². The van der Waals surface area contributed by atoms with Crippen LogP contribution in [0, 0.1) is 0 Å². The summed E-state index contributed by atoms with van der Waals surface area (Å²) in [6.07, 6.45) is 1.76. The second kappa shape index (κ2) is 6.40. The van der Waals surface area contributed by atoms with Crippen molar-refractivity contribution in [1.29, 1.82) is 0 Å². The molecule has 0 saturated carbocycles. The van der Waals surface area contributed by atoms with Gasteiger partial charge >= 0.3 is 5.97 Å². The molecule has 0 amide bonds. The molecule has 0 heterocycles. The molecule has 0 aromatic heterocycles. The van der Waals surface area contributed by atoms with Gasteiger partial charge in [-0.25, -0.2) is 0 Å². The van der Waals surface area contributed by atoms with Gasteiger partial charge in [0.2, 0.25) is 0 Å². The van der Waals surface area contributed by atoms with Gasteiger partial charge in [-0.1, -0.05) is 38.1 Å². The Hall–Kier alpha value is -1.35. The van der Waals surface area contributed by atoms with E-state index in [9.17, 15) is 4.79 Å². The monoisotopic (exact) mass is 235 g/mol. The molecule has 3 heteroatoms. The molecule has 0 aliphatic rings. The molecule has 3 nitrogen and oxygen atoms in total. The molecule has 0 aliphatic heterocycles. The van der Waals surface area contributed by atoms with Crippen LogP contribution in [0.2, 0.25) is 0 Å². The number of carboxylic acid groups (broad SMARTS) is 1. The largest absolute Gasteiger partial charge is 0.481 e. The Bertz CT molecular complexity index is 359. The lowest BCUT2D eigenvalue weighted by molar-refractivity contribution is -0.137. The van der Waals surface area contributed by atoms with Gasteiger partial charge in [0.05, 0.1) is 6.42 Å². The number of nitrogens with two attached hydrogens (primary N) is 1. The van der Waals surface area contributed by atoms with E-state index in [1.165, 1.54) is 5.56 Å². The second-order valence-electron chi connectivity index (χ2n) is 4.61. The Morgan fingerprint density at radius 3 is 2.41 bits per heavy atom. The Kier molecular flexibility index (Phi) is 5.16. The standard InChI is InChI=1S/C14H21NO2/c1-3-10(2)12-6-4-11(5-7-12)8-13(15)9-14(16)17/h4-7,10,13H,3,8-9,15H2,1-2H3,(H,16,17). The first-order valence-electron chi connectivity index (χ1n) is 6.09. The molecule has 94 valence electrons. The molecule has 1 rings (SSSR count). The molecule has 2 unspecified atom stereocenters. The van der Waals surface area contributed by atoms with Crippen molar-refractivity contribution in [3.05, 3.63) is 35.4 Å². The fourth-order valence-electron chi connectivity index (χ4n) is 1.82. The predicted octanol–water partition coefficient (Wildman–Crippen LogP) is 2.54. The van der Waals surface area contributed by atoms with Crippen LogP contribution in [0.15, 0.2) is 24.3 Å². The van der Waals surface area contributed by atoms with Gasteiger partial charge in [-0.15, -0.1) is 0 Å². The van der Waals surface area contributed by atoms with Crippen LogP contribution >= 0.6 is 0 Å². The highest BCUT2D eigenvalue weighted by molar-refractivity contribution is 5.67. The summed E-state index contributed by atoms with van der Waals surface area (Å²) < 4.78 is 0. The molecule has 0 radical (unpaired) electrons. The first-order chi connectivity index (χ1) is 8.02. The molecule has 17 heavy (non-hydrogen) atoms. The van der Waals surface area contributed by atoms with Gasteiger partial charge in [0, 0.05) is 6.04 Å². The lowest BCUT2D eigenvalue weighted by Gasteiger charge is -2.12. The first kappa shape index (κ1) is 13.7. The molecule has 3 N–H and O–H groups in total. The van der Waals surface area contributed by atoms with Gasteiger partial charge < -0.3 is 10.8 Å². The summed E-state index contributed by atoms with van der Waals surface area (Å²) in [6, 6.07) is 8.00. The molecule has 1 aromatic rings. The van der Waals surface area contributed by atoms with E-state index in [1.54, 1.807) is 0 Å². The predicted molar refractivity (Wildman–Crippen MR) is 69.1 cm³/mol. The van der Waals surface area contributed by atoms with Crippen molar-refractivity contribution >= 4 is 5.97 Å². The van der Waals surface area contributed by atoms with Crippen molar-refractivity contribution in [2.75, 3.05) is 0 Å². The van der Waals surface area contributed by atoms with Gasteiger partial charge in [-0.2, -0.15) is 0 Å². The third-order valence-electron chi connectivity index (χ3n) is 3.10. The van der Waals surface area contributed by atoms with Crippen LogP contribution in [0.5, 0.6) is 0 Å². The summed E-state index contributed by atoms with van der Waals surface area (Å²) in [6.45, 7) is 4.37. The second-order valence-corrected chi connectivity index (χ2v) is 4.61. The zero-order valence-electron chi connectivity index (χ0n) is 10.5. The van der Waals surface area contributed by atoms with Gasteiger partial charge in [0.25, 0.3) is 0 Å². The fraction of sp³-hybridized carbons (Fsp3) is 0.500. The summed E-state index contributed by atoms with van der Waals surface area (Å²) in [4.78, 5) is 10.5. The average molecular weight is 235 g/mol. The van der Waals surface area contributed by atoms with Crippen LogP contribution in [-0.4, -0.2) is 17.1 Å². The maximum Gasteiger partial charge on any atom is 0.304 e. The highest BCUT2D eigenvalue weighted by atomic mass is 16.4. The van der Waals surface area contributed by atoms with Crippen LogP contribution < -0.4 is 5.73 Å². The molecule has 0 bridgehead atoms. The lowest BCUT2D eigenvalue weighted by atomic mass is 9.96. The molecule has 0 fully saturated rings. The van der Waals surface area contributed by atoms with Crippen molar-refractivity contribution in [2.24, 2.45) is 5.73 Å². The molecule has 0 spiro atoms. The van der Waals surface area contributed by atoms with Gasteiger partial charge in [-0.3, -0.25) is 4.79 Å². The SMILES string of the molecule is CCC(C)c1ccc(CC(N)CC(=O)O)cc1. The molecule has 0 saturated heterocycles. The number of aliphatic carboxylic acids is 1. The number of benzene rings is 1. The van der Waals surface area contributed by atoms with Crippen molar-refractivity contribution in [2.45, 2.75) is 45.1 Å². The van der Waals surface area contributed by atoms with E-state index in [4.69, 9.17) is 10.8 Å². The van der Waals surface area contributed by atoms with E-state index >= 15 is 0 Å². The summed E-state index contributed by atoms with van der Waals surface area (Å²) in [7, 11) is 0. The van der Waals surface area contributed by atoms with Crippen molar-refractivity contribution < 1.29 is 9.90 Å². The van der Waals surface area contributed by atoms with Crippen LogP contribution in [0.25, 0.3) is 0 Å². The maximum atomic E-state index is 10.5. The van der Waals surface area contributed by atoms with Crippen LogP contribution in [-0.2, 0) is 11.2 Å². The maximum absolute atomic E-state index is 10.5.